The SMILES string of the molecule is CCCCCCCC/C=C/C(O)C(COC1OC(CO)C(O)C(O)C1O)NC(=O)CCCCCCCCCCCCCCCCC/C=C\CCCCCCCCCC. The first-order chi connectivity index (χ1) is 28.3. The molecule has 9 nitrogen and oxygen atoms in total. The van der Waals surface area contributed by atoms with Crippen molar-refractivity contribution in [3.05, 3.63) is 24.3 Å². The fraction of sp³-hybridized carbons (Fsp3) is 0.898. The third-order valence-electron chi connectivity index (χ3n) is 11.8. The lowest BCUT2D eigenvalue weighted by atomic mass is 9.99. The molecule has 7 unspecified atom stereocenters. The van der Waals surface area contributed by atoms with Crippen molar-refractivity contribution in [2.45, 2.75) is 269 Å². The van der Waals surface area contributed by atoms with Crippen LogP contribution in [0.1, 0.15) is 226 Å². The Bertz CT molecular complexity index is 961. The van der Waals surface area contributed by atoms with Crippen LogP contribution in [0.25, 0.3) is 0 Å². The second-order valence-electron chi connectivity index (χ2n) is 17.3. The highest BCUT2D eigenvalue weighted by molar-refractivity contribution is 5.76. The van der Waals surface area contributed by atoms with E-state index in [4.69, 9.17) is 9.47 Å². The summed E-state index contributed by atoms with van der Waals surface area (Å²) in [6, 6.07) is -0.799. The Balaban J connectivity index is 2.14. The second kappa shape index (κ2) is 39.8. The van der Waals surface area contributed by atoms with E-state index in [0.29, 0.717) is 6.42 Å². The summed E-state index contributed by atoms with van der Waals surface area (Å²) in [5, 5.41) is 54.0. The van der Waals surface area contributed by atoms with E-state index >= 15 is 0 Å². The zero-order chi connectivity index (χ0) is 42.3. The molecule has 0 aromatic heterocycles. The first-order valence-electron chi connectivity index (χ1n) is 24.6. The first-order valence-corrected chi connectivity index (χ1v) is 24.6. The van der Waals surface area contributed by atoms with Crippen molar-refractivity contribution in [1.29, 1.82) is 0 Å². The van der Waals surface area contributed by atoms with E-state index in [2.05, 4.69) is 31.3 Å². The van der Waals surface area contributed by atoms with E-state index in [1.807, 2.05) is 6.08 Å². The van der Waals surface area contributed by atoms with Crippen molar-refractivity contribution in [3.63, 3.8) is 0 Å². The third-order valence-corrected chi connectivity index (χ3v) is 11.8. The van der Waals surface area contributed by atoms with Crippen LogP contribution in [0.4, 0.5) is 0 Å². The van der Waals surface area contributed by atoms with E-state index in [1.165, 1.54) is 167 Å². The fourth-order valence-electron chi connectivity index (χ4n) is 7.80. The summed E-state index contributed by atoms with van der Waals surface area (Å²) in [5.74, 6) is -0.178. The Hall–Kier alpha value is -1.33. The molecule has 0 spiro atoms. The van der Waals surface area contributed by atoms with Crippen LogP contribution in [0.2, 0.25) is 0 Å². The van der Waals surface area contributed by atoms with Crippen LogP contribution in [-0.2, 0) is 14.3 Å². The minimum Gasteiger partial charge on any atom is -0.394 e. The molecule has 7 atom stereocenters. The molecule has 0 aromatic carbocycles. The lowest BCUT2D eigenvalue weighted by Gasteiger charge is -2.40. The molecule has 58 heavy (non-hydrogen) atoms. The molecule has 1 fully saturated rings. The smallest absolute Gasteiger partial charge is 0.220 e. The zero-order valence-corrected chi connectivity index (χ0v) is 37.6. The number of hydrogen-bond donors (Lipinski definition) is 6. The maximum absolute atomic E-state index is 12.9. The Morgan fingerprint density at radius 3 is 1.40 bits per heavy atom. The van der Waals surface area contributed by atoms with Gasteiger partial charge < -0.3 is 40.3 Å². The molecule has 0 aliphatic carbocycles. The molecule has 0 bridgehead atoms. The van der Waals surface area contributed by atoms with E-state index in [1.54, 1.807) is 6.08 Å². The van der Waals surface area contributed by atoms with Gasteiger partial charge in [0.05, 0.1) is 25.4 Å². The van der Waals surface area contributed by atoms with Gasteiger partial charge in [-0.15, -0.1) is 0 Å². The monoisotopic (exact) mass is 824 g/mol. The number of aliphatic hydroxyl groups excluding tert-OH is 5. The van der Waals surface area contributed by atoms with Crippen LogP contribution in [0.15, 0.2) is 24.3 Å². The van der Waals surface area contributed by atoms with Gasteiger partial charge in [0.1, 0.15) is 24.4 Å². The summed E-state index contributed by atoms with van der Waals surface area (Å²) in [7, 11) is 0. The highest BCUT2D eigenvalue weighted by Crippen LogP contribution is 2.23. The normalized spacial score (nSPS) is 21.0. The lowest BCUT2D eigenvalue weighted by molar-refractivity contribution is -0.302. The van der Waals surface area contributed by atoms with Gasteiger partial charge in [-0.2, -0.15) is 0 Å². The van der Waals surface area contributed by atoms with Gasteiger partial charge in [-0.05, 0) is 44.9 Å². The first kappa shape index (κ1) is 54.7. The number of aliphatic hydroxyl groups is 5. The molecule has 0 aromatic rings. The molecule has 9 heteroatoms. The van der Waals surface area contributed by atoms with Crippen LogP contribution in [0.5, 0.6) is 0 Å². The standard InChI is InChI=1S/C49H93NO8/c1-3-5-7-9-11-13-14-15-16-17-18-19-20-21-22-23-24-25-26-27-28-29-30-31-33-35-37-39-45(53)50-42(43(52)38-36-34-32-12-10-8-6-4-2)41-57-49-48(56)47(55)46(54)44(40-51)58-49/h17-18,36,38,42-44,46-49,51-52,54-56H,3-16,19-35,37,39-41H2,1-2H3,(H,50,53)/b18-17-,38-36+. The van der Waals surface area contributed by atoms with Crippen LogP contribution >= 0.6 is 0 Å². The molecule has 342 valence electrons. The minimum absolute atomic E-state index is 0.178. The summed E-state index contributed by atoms with van der Waals surface area (Å²) in [6.07, 6.45) is 41.2. The number of nitrogens with one attached hydrogen (secondary N) is 1. The van der Waals surface area contributed by atoms with Gasteiger partial charge in [0, 0.05) is 6.42 Å². The molecule has 1 saturated heterocycles. The molecule has 1 rings (SSSR count). The Morgan fingerprint density at radius 2 is 0.966 bits per heavy atom. The van der Waals surface area contributed by atoms with Gasteiger partial charge in [0.25, 0.3) is 0 Å². The van der Waals surface area contributed by atoms with Gasteiger partial charge in [0.2, 0.25) is 5.91 Å². The van der Waals surface area contributed by atoms with E-state index in [9.17, 15) is 30.3 Å². The van der Waals surface area contributed by atoms with Gasteiger partial charge in [0.15, 0.2) is 6.29 Å². The van der Waals surface area contributed by atoms with Gasteiger partial charge in [-0.25, -0.2) is 0 Å². The fourth-order valence-corrected chi connectivity index (χ4v) is 7.80. The van der Waals surface area contributed by atoms with Crippen molar-refractivity contribution in [2.75, 3.05) is 13.2 Å². The number of unbranched alkanes of at least 4 members (excludes halogenated alkanes) is 29. The molecular formula is C49H93NO8. The maximum atomic E-state index is 12.9. The third kappa shape index (κ3) is 29.8. The molecule has 1 heterocycles. The second-order valence-corrected chi connectivity index (χ2v) is 17.3. The summed E-state index contributed by atoms with van der Waals surface area (Å²) in [5.41, 5.74) is 0. The molecule has 1 aliphatic heterocycles. The molecule has 0 saturated carbocycles. The number of amides is 1. The van der Waals surface area contributed by atoms with Crippen molar-refractivity contribution in [2.24, 2.45) is 0 Å². The van der Waals surface area contributed by atoms with Crippen molar-refractivity contribution in [3.8, 4) is 0 Å². The maximum Gasteiger partial charge on any atom is 0.220 e. The van der Waals surface area contributed by atoms with Crippen molar-refractivity contribution in [1.82, 2.24) is 5.32 Å². The predicted octanol–water partition coefficient (Wildman–Crippen LogP) is 10.7. The van der Waals surface area contributed by atoms with E-state index < -0.39 is 49.5 Å². The number of rotatable bonds is 41. The summed E-state index contributed by atoms with van der Waals surface area (Å²) >= 11 is 0. The highest BCUT2D eigenvalue weighted by atomic mass is 16.7. The largest absolute Gasteiger partial charge is 0.394 e. The average Bonchev–Trinajstić information content (AvgIpc) is 3.22. The van der Waals surface area contributed by atoms with E-state index in [0.717, 1.165) is 38.5 Å². The summed E-state index contributed by atoms with van der Waals surface area (Å²) < 4.78 is 11.2. The number of hydrogen-bond acceptors (Lipinski definition) is 8. The summed E-state index contributed by atoms with van der Waals surface area (Å²) in [4.78, 5) is 12.9. The zero-order valence-electron chi connectivity index (χ0n) is 37.6. The van der Waals surface area contributed by atoms with Gasteiger partial charge in [-0.1, -0.05) is 199 Å². The topological polar surface area (TPSA) is 149 Å². The quantitative estimate of drug-likeness (QED) is 0.0264. The van der Waals surface area contributed by atoms with Crippen LogP contribution in [0, 0.1) is 0 Å². The highest BCUT2D eigenvalue weighted by Gasteiger charge is 2.44. The van der Waals surface area contributed by atoms with Gasteiger partial charge >= 0.3 is 0 Å². The average molecular weight is 824 g/mol. The lowest BCUT2D eigenvalue weighted by Crippen LogP contribution is -2.60. The number of carbonyl (C=O) groups is 1. The van der Waals surface area contributed by atoms with Crippen molar-refractivity contribution < 1.29 is 39.8 Å². The van der Waals surface area contributed by atoms with Crippen LogP contribution < -0.4 is 5.32 Å². The number of allylic oxidation sites excluding steroid dienone is 3. The number of carbonyl (C=O) groups excluding carboxylic acids is 1. The summed E-state index contributed by atoms with van der Waals surface area (Å²) in [6.45, 7) is 3.73. The van der Waals surface area contributed by atoms with Crippen LogP contribution in [-0.4, -0.2) is 87.5 Å². The predicted molar refractivity (Wildman–Crippen MR) is 240 cm³/mol. The molecule has 1 amide bonds. The Labute approximate surface area is 356 Å². The van der Waals surface area contributed by atoms with Crippen LogP contribution in [0.3, 0.4) is 0 Å². The van der Waals surface area contributed by atoms with E-state index in [-0.39, 0.29) is 12.5 Å². The molecule has 1 aliphatic rings. The van der Waals surface area contributed by atoms with Gasteiger partial charge in [-0.3, -0.25) is 4.79 Å². The number of ether oxygens (including phenoxy) is 2. The Kier molecular flexibility index (Phi) is 37.5. The van der Waals surface area contributed by atoms with Crippen molar-refractivity contribution >= 4 is 5.91 Å². The molecular weight excluding hydrogens is 731 g/mol. The Morgan fingerprint density at radius 1 is 0.569 bits per heavy atom. The molecule has 0 radical (unpaired) electrons. The molecule has 6 N–H and O–H groups in total. The minimum atomic E-state index is -1.56.